The zero-order valence-electron chi connectivity index (χ0n) is 11.9. The summed E-state index contributed by atoms with van der Waals surface area (Å²) in [6, 6.07) is 0. The molecule has 0 aliphatic rings. The van der Waals surface area contributed by atoms with Crippen LogP contribution in [0.15, 0.2) is 0 Å². The van der Waals surface area contributed by atoms with E-state index in [1.807, 2.05) is 20.8 Å². The van der Waals surface area contributed by atoms with Gasteiger partial charge in [-0.3, -0.25) is 14.7 Å². The highest BCUT2D eigenvalue weighted by Crippen LogP contribution is 1.98. The number of likely N-dealkylation sites (N-methyl/N-ethyl adjacent to an activating group) is 1. The van der Waals surface area contributed by atoms with Crippen LogP contribution in [-0.4, -0.2) is 52.0 Å². The van der Waals surface area contributed by atoms with Crippen LogP contribution in [0.25, 0.3) is 0 Å². The number of aromatic nitrogens is 3. The van der Waals surface area contributed by atoms with Crippen LogP contribution in [0.3, 0.4) is 0 Å². The van der Waals surface area contributed by atoms with Crippen molar-refractivity contribution < 1.29 is 9.59 Å². The van der Waals surface area contributed by atoms with E-state index < -0.39 is 0 Å². The summed E-state index contributed by atoms with van der Waals surface area (Å²) < 4.78 is 0. The molecular weight excluding hydrogens is 246 g/mol. The molecule has 0 bridgehead atoms. The van der Waals surface area contributed by atoms with Gasteiger partial charge in [-0.2, -0.15) is 0 Å². The number of aryl methyl sites for hydroxylation is 1. The van der Waals surface area contributed by atoms with Gasteiger partial charge in [-0.1, -0.05) is 20.8 Å². The Morgan fingerprint density at radius 2 is 2.11 bits per heavy atom. The minimum atomic E-state index is -0.365. The van der Waals surface area contributed by atoms with Crippen molar-refractivity contribution in [1.82, 2.24) is 25.4 Å². The Labute approximate surface area is 112 Å². The van der Waals surface area contributed by atoms with Gasteiger partial charge in [-0.25, -0.2) is 4.98 Å². The van der Waals surface area contributed by atoms with Crippen molar-refractivity contribution in [1.29, 1.82) is 0 Å². The summed E-state index contributed by atoms with van der Waals surface area (Å²) >= 11 is 0. The number of aromatic amines is 1. The Morgan fingerprint density at radius 1 is 1.42 bits per heavy atom. The first-order chi connectivity index (χ1) is 8.93. The van der Waals surface area contributed by atoms with Crippen molar-refractivity contribution >= 4 is 11.8 Å². The third-order valence-electron chi connectivity index (χ3n) is 2.49. The van der Waals surface area contributed by atoms with Crippen molar-refractivity contribution in [2.24, 2.45) is 5.92 Å². The van der Waals surface area contributed by atoms with Crippen LogP contribution in [0, 0.1) is 5.92 Å². The fraction of sp³-hybridized carbons (Fsp3) is 0.667. The molecule has 106 valence electrons. The minimum absolute atomic E-state index is 0.00154. The van der Waals surface area contributed by atoms with E-state index in [1.165, 1.54) is 4.90 Å². The molecule has 0 saturated heterocycles. The zero-order valence-corrected chi connectivity index (χ0v) is 11.9. The zero-order chi connectivity index (χ0) is 14.4. The standard InChI is InChI=1S/C12H21N5O2/c1-5-9-14-11(16-15-9)12(19)17(4)7-10(18)13-6-8(2)3/h8H,5-7H2,1-4H3,(H,13,18)(H,14,15,16). The van der Waals surface area contributed by atoms with Crippen LogP contribution in [0.5, 0.6) is 0 Å². The maximum atomic E-state index is 11.9. The molecule has 0 saturated carbocycles. The van der Waals surface area contributed by atoms with E-state index in [4.69, 9.17) is 0 Å². The summed E-state index contributed by atoms with van der Waals surface area (Å²) in [6.07, 6.45) is 0.679. The predicted octanol–water partition coefficient (Wildman–Crippen LogP) is 0.211. The number of H-pyrrole nitrogens is 1. The lowest BCUT2D eigenvalue weighted by Crippen LogP contribution is -2.39. The van der Waals surface area contributed by atoms with Gasteiger partial charge in [0.1, 0.15) is 5.82 Å². The topological polar surface area (TPSA) is 91.0 Å². The van der Waals surface area contributed by atoms with Gasteiger partial charge >= 0.3 is 0 Å². The molecule has 0 fully saturated rings. The predicted molar refractivity (Wildman–Crippen MR) is 70.6 cm³/mol. The highest BCUT2D eigenvalue weighted by molar-refractivity contribution is 5.93. The highest BCUT2D eigenvalue weighted by atomic mass is 16.2. The van der Waals surface area contributed by atoms with Crippen molar-refractivity contribution in [3.05, 3.63) is 11.6 Å². The Hall–Kier alpha value is -1.92. The number of carbonyl (C=O) groups excluding carboxylic acids is 2. The summed E-state index contributed by atoms with van der Waals surface area (Å²) in [4.78, 5) is 28.9. The number of nitrogens with zero attached hydrogens (tertiary/aromatic N) is 3. The van der Waals surface area contributed by atoms with Crippen molar-refractivity contribution in [2.75, 3.05) is 20.1 Å². The molecule has 7 nitrogen and oxygen atoms in total. The second-order valence-electron chi connectivity index (χ2n) is 4.82. The summed E-state index contributed by atoms with van der Waals surface area (Å²) in [5.41, 5.74) is 0. The number of hydrogen-bond acceptors (Lipinski definition) is 4. The molecule has 7 heteroatoms. The van der Waals surface area contributed by atoms with Gasteiger partial charge < -0.3 is 10.2 Å². The molecule has 0 radical (unpaired) electrons. The SMILES string of the molecule is CCc1nc(C(=O)N(C)CC(=O)NCC(C)C)n[nH]1. The van der Waals surface area contributed by atoms with E-state index >= 15 is 0 Å². The van der Waals surface area contributed by atoms with Gasteiger partial charge in [0.2, 0.25) is 11.7 Å². The maximum Gasteiger partial charge on any atom is 0.293 e. The lowest BCUT2D eigenvalue weighted by molar-refractivity contribution is -0.121. The summed E-state index contributed by atoms with van der Waals surface area (Å²) in [5.74, 6) is 0.577. The first-order valence-corrected chi connectivity index (χ1v) is 6.37. The van der Waals surface area contributed by atoms with Crippen LogP contribution < -0.4 is 5.32 Å². The number of rotatable bonds is 6. The third-order valence-corrected chi connectivity index (χ3v) is 2.49. The van der Waals surface area contributed by atoms with E-state index in [9.17, 15) is 9.59 Å². The molecule has 1 aromatic heterocycles. The van der Waals surface area contributed by atoms with E-state index in [-0.39, 0.29) is 24.2 Å². The number of amides is 2. The van der Waals surface area contributed by atoms with Crippen molar-refractivity contribution in [3.63, 3.8) is 0 Å². The van der Waals surface area contributed by atoms with Crippen LogP contribution in [-0.2, 0) is 11.2 Å². The normalized spacial score (nSPS) is 10.6. The third kappa shape index (κ3) is 4.69. The smallest absolute Gasteiger partial charge is 0.293 e. The van der Waals surface area contributed by atoms with Gasteiger partial charge in [-0.15, -0.1) is 5.10 Å². The molecule has 0 aliphatic heterocycles. The Bertz CT molecular complexity index is 441. The van der Waals surface area contributed by atoms with Crippen LogP contribution in [0.1, 0.15) is 37.2 Å². The number of carbonyl (C=O) groups is 2. The molecule has 2 N–H and O–H groups in total. The van der Waals surface area contributed by atoms with Crippen LogP contribution in [0.4, 0.5) is 0 Å². The average Bonchev–Trinajstić information content (AvgIpc) is 2.84. The Kier molecular flexibility index (Phi) is 5.47. The molecular formula is C12H21N5O2. The average molecular weight is 267 g/mol. The molecule has 0 unspecified atom stereocenters. The molecule has 0 aliphatic carbocycles. The summed E-state index contributed by atoms with van der Waals surface area (Å²) in [5, 5.41) is 9.26. The molecule has 2 amide bonds. The fourth-order valence-corrected chi connectivity index (χ4v) is 1.38. The second-order valence-corrected chi connectivity index (χ2v) is 4.82. The lowest BCUT2D eigenvalue weighted by atomic mass is 10.2. The van der Waals surface area contributed by atoms with Crippen molar-refractivity contribution in [3.8, 4) is 0 Å². The van der Waals surface area contributed by atoms with Gasteiger partial charge in [0, 0.05) is 20.0 Å². The molecule has 19 heavy (non-hydrogen) atoms. The van der Waals surface area contributed by atoms with E-state index in [1.54, 1.807) is 7.05 Å². The first kappa shape index (κ1) is 15.1. The van der Waals surface area contributed by atoms with Gasteiger partial charge in [0.15, 0.2) is 0 Å². The largest absolute Gasteiger partial charge is 0.354 e. The molecule has 0 aromatic carbocycles. The molecule has 0 spiro atoms. The Morgan fingerprint density at radius 3 is 2.63 bits per heavy atom. The van der Waals surface area contributed by atoms with Gasteiger partial charge in [0.25, 0.3) is 5.91 Å². The number of nitrogens with one attached hydrogen (secondary N) is 2. The molecule has 1 rings (SSSR count). The summed E-state index contributed by atoms with van der Waals surface area (Å²) in [6.45, 7) is 6.53. The second kappa shape index (κ2) is 6.86. The quantitative estimate of drug-likeness (QED) is 0.771. The van der Waals surface area contributed by atoms with E-state index in [2.05, 4.69) is 20.5 Å². The summed E-state index contributed by atoms with van der Waals surface area (Å²) in [7, 11) is 1.55. The van der Waals surface area contributed by atoms with Gasteiger partial charge in [0.05, 0.1) is 6.54 Å². The molecule has 0 atom stereocenters. The van der Waals surface area contributed by atoms with Crippen LogP contribution in [0.2, 0.25) is 0 Å². The van der Waals surface area contributed by atoms with E-state index in [0.717, 1.165) is 0 Å². The van der Waals surface area contributed by atoms with Crippen molar-refractivity contribution in [2.45, 2.75) is 27.2 Å². The minimum Gasteiger partial charge on any atom is -0.354 e. The highest BCUT2D eigenvalue weighted by Gasteiger charge is 2.18. The number of hydrogen-bond donors (Lipinski definition) is 2. The first-order valence-electron chi connectivity index (χ1n) is 6.37. The van der Waals surface area contributed by atoms with E-state index in [0.29, 0.717) is 24.7 Å². The fourth-order valence-electron chi connectivity index (χ4n) is 1.38. The monoisotopic (exact) mass is 267 g/mol. The molecule has 1 heterocycles. The van der Waals surface area contributed by atoms with Gasteiger partial charge in [-0.05, 0) is 5.92 Å². The van der Waals surface area contributed by atoms with Crippen LogP contribution >= 0.6 is 0 Å². The lowest BCUT2D eigenvalue weighted by Gasteiger charge is -2.15. The molecule has 1 aromatic rings. The maximum absolute atomic E-state index is 11.9. The Balaban J connectivity index is 2.50.